The summed E-state index contributed by atoms with van der Waals surface area (Å²) in [6.45, 7) is 0. The van der Waals surface area contributed by atoms with Crippen molar-refractivity contribution in [2.45, 2.75) is 6.42 Å². The molecule has 1 rings (SSSR count). The molecule has 5 heteroatoms. The summed E-state index contributed by atoms with van der Waals surface area (Å²) in [6.07, 6.45) is 0.126. The SMILES string of the molecule is COC(=O)Cc1cc(Br)c(Cl)c(C#N)c1. The molecule has 0 fully saturated rings. The first-order valence-electron chi connectivity index (χ1n) is 4.03. The lowest BCUT2D eigenvalue weighted by atomic mass is 10.1. The zero-order chi connectivity index (χ0) is 11.4. The smallest absolute Gasteiger partial charge is 0.309 e. The number of halogens is 2. The minimum atomic E-state index is -0.354. The first-order chi connectivity index (χ1) is 7.08. The monoisotopic (exact) mass is 287 g/mol. The summed E-state index contributed by atoms with van der Waals surface area (Å²) < 4.78 is 5.13. The highest BCUT2D eigenvalue weighted by Crippen LogP contribution is 2.27. The Morgan fingerprint density at radius 3 is 2.87 bits per heavy atom. The third-order valence-corrected chi connectivity index (χ3v) is 3.05. The van der Waals surface area contributed by atoms with Crippen LogP contribution in [-0.4, -0.2) is 13.1 Å². The van der Waals surface area contributed by atoms with Crippen LogP contribution in [0.5, 0.6) is 0 Å². The van der Waals surface area contributed by atoms with Gasteiger partial charge in [0.2, 0.25) is 0 Å². The summed E-state index contributed by atoms with van der Waals surface area (Å²) in [5, 5.41) is 9.14. The molecule has 3 nitrogen and oxygen atoms in total. The molecular formula is C10H7BrClNO2. The molecular weight excluding hydrogens is 281 g/mol. The van der Waals surface area contributed by atoms with Gasteiger partial charge in [0.1, 0.15) is 6.07 Å². The average molecular weight is 289 g/mol. The molecule has 0 N–H and O–H groups in total. The quantitative estimate of drug-likeness (QED) is 0.786. The minimum absolute atomic E-state index is 0.126. The Balaban J connectivity index is 3.07. The summed E-state index contributed by atoms with van der Waals surface area (Å²) in [7, 11) is 1.32. The van der Waals surface area contributed by atoms with Crippen molar-refractivity contribution in [1.29, 1.82) is 5.26 Å². The molecule has 78 valence electrons. The van der Waals surface area contributed by atoms with Crippen molar-refractivity contribution in [3.05, 3.63) is 32.8 Å². The maximum Gasteiger partial charge on any atom is 0.309 e. The molecule has 1 aromatic carbocycles. The van der Waals surface area contributed by atoms with Crippen LogP contribution in [0.25, 0.3) is 0 Å². The first-order valence-corrected chi connectivity index (χ1v) is 5.20. The minimum Gasteiger partial charge on any atom is -0.469 e. The fraction of sp³-hybridized carbons (Fsp3) is 0.200. The number of esters is 1. The van der Waals surface area contributed by atoms with Crippen LogP contribution in [0, 0.1) is 11.3 Å². The van der Waals surface area contributed by atoms with Gasteiger partial charge in [0.05, 0.1) is 24.1 Å². The molecule has 0 spiro atoms. The summed E-state index contributed by atoms with van der Waals surface area (Å²) in [6, 6.07) is 5.22. The maximum absolute atomic E-state index is 11.0. The van der Waals surface area contributed by atoms with Gasteiger partial charge in [-0.3, -0.25) is 4.79 Å². The summed E-state index contributed by atoms with van der Waals surface area (Å²) in [5.41, 5.74) is 1.03. The highest BCUT2D eigenvalue weighted by atomic mass is 79.9. The van der Waals surface area contributed by atoms with Crippen LogP contribution >= 0.6 is 27.5 Å². The second kappa shape index (κ2) is 5.15. The first kappa shape index (κ1) is 12.0. The molecule has 0 radical (unpaired) electrons. The lowest BCUT2D eigenvalue weighted by Gasteiger charge is -2.04. The molecule has 0 saturated heterocycles. The largest absolute Gasteiger partial charge is 0.469 e. The lowest BCUT2D eigenvalue weighted by Crippen LogP contribution is -2.04. The number of hydrogen-bond donors (Lipinski definition) is 0. The molecule has 1 aromatic rings. The number of carbonyl (C=O) groups excluding carboxylic acids is 1. The molecule has 0 aliphatic heterocycles. The van der Waals surface area contributed by atoms with Crippen LogP contribution in [-0.2, 0) is 16.0 Å². The van der Waals surface area contributed by atoms with E-state index in [2.05, 4.69) is 20.7 Å². The number of nitrogens with zero attached hydrogens (tertiary/aromatic N) is 1. The Kier molecular flexibility index (Phi) is 4.13. The zero-order valence-electron chi connectivity index (χ0n) is 7.88. The van der Waals surface area contributed by atoms with Gasteiger partial charge in [-0.25, -0.2) is 0 Å². The normalized spacial score (nSPS) is 9.47. The van der Waals surface area contributed by atoms with Gasteiger partial charge in [-0.15, -0.1) is 0 Å². The molecule has 0 heterocycles. The number of methoxy groups -OCH3 is 1. The Labute approximate surface area is 101 Å². The van der Waals surface area contributed by atoms with Crippen LogP contribution in [0.1, 0.15) is 11.1 Å². The Morgan fingerprint density at radius 1 is 1.67 bits per heavy atom. The van der Waals surface area contributed by atoms with Crippen molar-refractivity contribution in [3.63, 3.8) is 0 Å². The van der Waals surface area contributed by atoms with Gasteiger partial charge < -0.3 is 4.74 Å². The highest BCUT2D eigenvalue weighted by molar-refractivity contribution is 9.10. The third-order valence-electron chi connectivity index (χ3n) is 1.78. The second-order valence-electron chi connectivity index (χ2n) is 2.80. The molecule has 0 aromatic heterocycles. The van der Waals surface area contributed by atoms with E-state index >= 15 is 0 Å². The molecule has 0 unspecified atom stereocenters. The number of nitriles is 1. The summed E-state index contributed by atoms with van der Waals surface area (Å²) in [5.74, 6) is -0.354. The lowest BCUT2D eigenvalue weighted by molar-refractivity contribution is -0.139. The van der Waals surface area contributed by atoms with Crippen molar-refractivity contribution in [3.8, 4) is 6.07 Å². The number of hydrogen-bond acceptors (Lipinski definition) is 3. The molecule has 0 aliphatic rings. The van der Waals surface area contributed by atoms with E-state index in [1.165, 1.54) is 7.11 Å². The molecule has 15 heavy (non-hydrogen) atoms. The van der Waals surface area contributed by atoms with Crippen molar-refractivity contribution in [2.75, 3.05) is 7.11 Å². The Hall–Kier alpha value is -1.05. The van der Waals surface area contributed by atoms with E-state index in [0.29, 0.717) is 20.6 Å². The van der Waals surface area contributed by atoms with Crippen molar-refractivity contribution in [1.82, 2.24) is 0 Å². The van der Waals surface area contributed by atoms with Gasteiger partial charge in [-0.05, 0) is 33.6 Å². The number of ether oxygens (including phenoxy) is 1. The summed E-state index contributed by atoms with van der Waals surface area (Å²) >= 11 is 9.06. The van der Waals surface area contributed by atoms with E-state index < -0.39 is 0 Å². The maximum atomic E-state index is 11.0. The molecule has 0 amide bonds. The number of benzene rings is 1. The van der Waals surface area contributed by atoms with E-state index in [4.69, 9.17) is 16.9 Å². The van der Waals surface area contributed by atoms with Gasteiger partial charge in [0, 0.05) is 4.47 Å². The van der Waals surface area contributed by atoms with Crippen LogP contribution in [0.15, 0.2) is 16.6 Å². The zero-order valence-corrected chi connectivity index (χ0v) is 10.2. The number of carbonyl (C=O) groups is 1. The number of rotatable bonds is 2. The second-order valence-corrected chi connectivity index (χ2v) is 4.04. The van der Waals surface area contributed by atoms with Crippen LogP contribution in [0.2, 0.25) is 5.02 Å². The van der Waals surface area contributed by atoms with Gasteiger partial charge in [0.25, 0.3) is 0 Å². The predicted molar refractivity (Wildman–Crippen MR) is 59.6 cm³/mol. The topological polar surface area (TPSA) is 50.1 Å². The van der Waals surface area contributed by atoms with Crippen LogP contribution in [0.4, 0.5) is 0 Å². The fourth-order valence-corrected chi connectivity index (χ4v) is 1.73. The Morgan fingerprint density at radius 2 is 2.33 bits per heavy atom. The highest BCUT2D eigenvalue weighted by Gasteiger charge is 2.09. The molecule has 0 bridgehead atoms. The van der Waals surface area contributed by atoms with E-state index in [9.17, 15) is 4.79 Å². The van der Waals surface area contributed by atoms with Crippen LogP contribution < -0.4 is 0 Å². The van der Waals surface area contributed by atoms with E-state index in [1.807, 2.05) is 6.07 Å². The fourth-order valence-electron chi connectivity index (χ4n) is 1.07. The molecule has 0 atom stereocenters. The van der Waals surface area contributed by atoms with Gasteiger partial charge >= 0.3 is 5.97 Å². The summed E-state index contributed by atoms with van der Waals surface area (Å²) in [4.78, 5) is 11.0. The third kappa shape index (κ3) is 2.95. The van der Waals surface area contributed by atoms with E-state index in [-0.39, 0.29) is 12.4 Å². The van der Waals surface area contributed by atoms with Gasteiger partial charge in [-0.2, -0.15) is 5.26 Å². The Bertz CT molecular complexity index is 440. The van der Waals surface area contributed by atoms with Crippen molar-refractivity contribution >= 4 is 33.5 Å². The standard InChI is InChI=1S/C10H7BrClNO2/c1-15-9(14)4-6-2-7(5-13)10(12)8(11)3-6/h2-3H,4H2,1H3. The van der Waals surface area contributed by atoms with E-state index in [0.717, 1.165) is 0 Å². The molecule has 0 saturated carbocycles. The predicted octanol–water partition coefficient (Wildman–Crippen LogP) is 2.69. The van der Waals surface area contributed by atoms with E-state index in [1.54, 1.807) is 12.1 Å². The average Bonchev–Trinajstić information content (AvgIpc) is 2.22. The molecule has 0 aliphatic carbocycles. The van der Waals surface area contributed by atoms with Crippen molar-refractivity contribution < 1.29 is 9.53 Å². The van der Waals surface area contributed by atoms with Crippen LogP contribution in [0.3, 0.4) is 0 Å². The van der Waals surface area contributed by atoms with Gasteiger partial charge in [-0.1, -0.05) is 11.6 Å². The van der Waals surface area contributed by atoms with Gasteiger partial charge in [0.15, 0.2) is 0 Å². The van der Waals surface area contributed by atoms with Crippen molar-refractivity contribution in [2.24, 2.45) is 0 Å².